The number of hydrogen-bond acceptors (Lipinski definition) is 1. The molecule has 0 saturated heterocycles. The molecule has 1 aliphatic rings. The van der Waals surface area contributed by atoms with Gasteiger partial charge in [0.05, 0.1) is 5.38 Å². The van der Waals surface area contributed by atoms with E-state index in [1.165, 1.54) is 0 Å². The third-order valence-corrected chi connectivity index (χ3v) is 4.33. The second-order valence-corrected chi connectivity index (χ2v) is 11.6. The molecule has 1 aliphatic carbocycles. The van der Waals surface area contributed by atoms with Gasteiger partial charge >= 0.3 is 0 Å². The predicted molar refractivity (Wildman–Crippen MR) is 66.0 cm³/mol. The van der Waals surface area contributed by atoms with Gasteiger partial charge in [0.1, 0.15) is 2.14 Å². The number of rotatable bonds is 1. The van der Waals surface area contributed by atoms with Crippen LogP contribution in [0, 0.1) is 11.3 Å². The minimum atomic E-state index is -0.346. The molecule has 0 bridgehead atoms. The van der Waals surface area contributed by atoms with E-state index in [4.69, 9.17) is 11.6 Å². The molecule has 0 N–H and O–H groups in total. The van der Waals surface area contributed by atoms with Crippen molar-refractivity contribution in [3.8, 4) is 0 Å². The first-order valence-electron chi connectivity index (χ1n) is 3.91. The van der Waals surface area contributed by atoms with E-state index in [2.05, 4.69) is 47.8 Å². The Kier molecular flexibility index (Phi) is 3.61. The van der Waals surface area contributed by atoms with Crippen LogP contribution in [0.15, 0.2) is 0 Å². The Morgan fingerprint density at radius 3 is 2.23 bits per heavy atom. The van der Waals surface area contributed by atoms with Crippen LogP contribution in [0.3, 0.4) is 0 Å². The van der Waals surface area contributed by atoms with Crippen molar-refractivity contribution in [1.82, 2.24) is 0 Å². The van der Waals surface area contributed by atoms with Crippen molar-refractivity contribution in [2.24, 2.45) is 11.3 Å². The van der Waals surface area contributed by atoms with Gasteiger partial charge in [0, 0.05) is 5.92 Å². The average Bonchev–Trinajstić information content (AvgIpc) is 1.96. The van der Waals surface area contributed by atoms with Gasteiger partial charge in [-0.2, -0.15) is 0 Å². The van der Waals surface area contributed by atoms with Crippen LogP contribution in [-0.2, 0) is 4.79 Å². The van der Waals surface area contributed by atoms with Gasteiger partial charge in [0.2, 0.25) is 0 Å². The fourth-order valence-corrected chi connectivity index (χ4v) is 2.86. The van der Waals surface area contributed by atoms with Crippen LogP contribution >= 0.6 is 59.4 Å². The van der Waals surface area contributed by atoms with Crippen molar-refractivity contribution in [3.63, 3.8) is 0 Å². The van der Waals surface area contributed by atoms with Crippen LogP contribution in [0.25, 0.3) is 0 Å². The first-order chi connectivity index (χ1) is 5.66. The molecule has 0 amide bonds. The summed E-state index contributed by atoms with van der Waals surface area (Å²) in [5.41, 5.74) is -0.0980. The molecular formula is C8H10Br3ClO. The lowest BCUT2D eigenvalue weighted by atomic mass is 9.60. The summed E-state index contributed by atoms with van der Waals surface area (Å²) < 4.78 is -0.346. The third-order valence-electron chi connectivity index (χ3n) is 2.58. The molecule has 5 heteroatoms. The molecule has 0 aromatic heterocycles. The molecule has 1 fully saturated rings. The van der Waals surface area contributed by atoms with E-state index >= 15 is 0 Å². The Labute approximate surface area is 108 Å². The Balaban J connectivity index is 2.68. The van der Waals surface area contributed by atoms with Gasteiger partial charge in [-0.1, -0.05) is 61.6 Å². The van der Waals surface area contributed by atoms with Crippen LogP contribution in [0.5, 0.6) is 0 Å². The van der Waals surface area contributed by atoms with E-state index in [0.29, 0.717) is 6.42 Å². The molecule has 0 unspecified atom stereocenters. The highest BCUT2D eigenvalue weighted by atomic mass is 80.0. The Bertz CT molecular complexity index is 234. The fourth-order valence-electron chi connectivity index (χ4n) is 1.59. The first-order valence-corrected chi connectivity index (χ1v) is 6.72. The predicted octanol–water partition coefficient (Wildman–Crippen LogP) is 4.05. The summed E-state index contributed by atoms with van der Waals surface area (Å²) in [6, 6.07) is 0. The van der Waals surface area contributed by atoms with E-state index in [0.717, 1.165) is 0 Å². The zero-order valence-electron chi connectivity index (χ0n) is 7.28. The highest BCUT2D eigenvalue weighted by Crippen LogP contribution is 2.53. The summed E-state index contributed by atoms with van der Waals surface area (Å²) in [5, 5.41) is -0.327. The summed E-state index contributed by atoms with van der Waals surface area (Å²) in [6.07, 6.45) is 0.696. The summed E-state index contributed by atoms with van der Waals surface area (Å²) in [7, 11) is 0. The van der Waals surface area contributed by atoms with Crippen molar-refractivity contribution < 1.29 is 4.79 Å². The highest BCUT2D eigenvalue weighted by molar-refractivity contribution is 9.39. The second kappa shape index (κ2) is 3.76. The van der Waals surface area contributed by atoms with Crippen LogP contribution < -0.4 is 0 Å². The highest BCUT2D eigenvalue weighted by Gasteiger charge is 2.56. The molecule has 1 nitrogen and oxygen atoms in total. The number of carbonyl (C=O) groups is 1. The van der Waals surface area contributed by atoms with E-state index in [-0.39, 0.29) is 24.6 Å². The molecule has 0 aromatic carbocycles. The van der Waals surface area contributed by atoms with Crippen molar-refractivity contribution >= 4 is 65.2 Å². The lowest BCUT2D eigenvalue weighted by Crippen LogP contribution is -2.56. The van der Waals surface area contributed by atoms with Crippen LogP contribution in [-0.4, -0.2) is 13.3 Å². The van der Waals surface area contributed by atoms with Crippen molar-refractivity contribution in [1.29, 1.82) is 0 Å². The number of alkyl halides is 4. The molecule has 76 valence electrons. The van der Waals surface area contributed by atoms with Gasteiger partial charge in [-0.3, -0.25) is 4.79 Å². The normalized spacial score (nSPS) is 32.9. The molecule has 0 spiro atoms. The zero-order chi connectivity index (χ0) is 10.4. The molecule has 1 saturated carbocycles. The molecule has 0 radical (unpaired) electrons. The maximum atomic E-state index is 11.5. The number of carbonyl (C=O) groups excluding carboxylic acids is 1. The van der Waals surface area contributed by atoms with E-state index in [9.17, 15) is 4.79 Å². The van der Waals surface area contributed by atoms with Gasteiger partial charge < -0.3 is 0 Å². The minimum Gasteiger partial charge on any atom is -0.298 e. The maximum Gasteiger partial charge on any atom is 0.155 e. The van der Waals surface area contributed by atoms with E-state index < -0.39 is 0 Å². The Morgan fingerprint density at radius 1 is 1.46 bits per heavy atom. The van der Waals surface area contributed by atoms with Crippen molar-refractivity contribution in [2.75, 3.05) is 0 Å². The fraction of sp³-hybridized carbons (Fsp3) is 0.875. The van der Waals surface area contributed by atoms with Crippen molar-refractivity contribution in [2.45, 2.75) is 27.8 Å². The molecular weight excluding hydrogens is 387 g/mol. The van der Waals surface area contributed by atoms with Crippen molar-refractivity contribution in [3.05, 3.63) is 0 Å². The summed E-state index contributed by atoms with van der Waals surface area (Å²) in [4.78, 5) is 11.5. The second-order valence-electron chi connectivity index (χ2n) is 3.96. The molecule has 0 aromatic rings. The number of hydrogen-bond donors (Lipinski definition) is 0. The Morgan fingerprint density at radius 2 is 1.92 bits per heavy atom. The topological polar surface area (TPSA) is 17.1 Å². The summed E-state index contributed by atoms with van der Waals surface area (Å²) in [6.45, 7) is 4.05. The van der Waals surface area contributed by atoms with Crippen LogP contribution in [0.4, 0.5) is 0 Å². The zero-order valence-corrected chi connectivity index (χ0v) is 12.8. The molecule has 0 aliphatic heterocycles. The lowest BCUT2D eigenvalue weighted by molar-refractivity contribution is -0.139. The summed E-state index contributed by atoms with van der Waals surface area (Å²) in [5.74, 6) is 0.169. The molecule has 0 heterocycles. The third kappa shape index (κ3) is 2.50. The van der Waals surface area contributed by atoms with E-state index in [1.54, 1.807) is 0 Å². The minimum absolute atomic E-state index is 0.0214. The maximum absolute atomic E-state index is 11.5. The Hall–Kier alpha value is 1.40. The summed E-state index contributed by atoms with van der Waals surface area (Å²) >= 11 is 16.1. The van der Waals surface area contributed by atoms with Gasteiger partial charge in [0.25, 0.3) is 0 Å². The smallest absolute Gasteiger partial charge is 0.155 e. The standard InChI is InChI=1S/C8H10Br3ClO/c1-7(2)4(3-8(9,10)11)5(13)6(7)12/h4,6H,3H2,1-2H3/t4-,6+/m0/s1. The monoisotopic (exact) mass is 394 g/mol. The molecule has 1 rings (SSSR count). The lowest BCUT2D eigenvalue weighted by Gasteiger charge is -2.48. The number of ketones is 1. The quantitative estimate of drug-likeness (QED) is 0.611. The van der Waals surface area contributed by atoms with Gasteiger partial charge in [0.15, 0.2) is 5.78 Å². The number of halogens is 4. The van der Waals surface area contributed by atoms with E-state index in [1.807, 2.05) is 13.8 Å². The first kappa shape index (κ1) is 12.5. The molecule has 13 heavy (non-hydrogen) atoms. The van der Waals surface area contributed by atoms with Gasteiger partial charge in [-0.05, 0) is 11.8 Å². The van der Waals surface area contributed by atoms with Gasteiger partial charge in [-0.25, -0.2) is 0 Å². The van der Waals surface area contributed by atoms with Crippen LogP contribution in [0.2, 0.25) is 0 Å². The van der Waals surface area contributed by atoms with Crippen LogP contribution in [0.1, 0.15) is 20.3 Å². The van der Waals surface area contributed by atoms with Gasteiger partial charge in [-0.15, -0.1) is 11.6 Å². The average molecular weight is 397 g/mol. The molecule has 2 atom stereocenters. The SMILES string of the molecule is CC1(C)[C@H](Cl)C(=O)[C@@H]1CC(Br)(Br)Br. The largest absolute Gasteiger partial charge is 0.298 e. The number of Topliss-reactive ketones (excluding diaryl/α,β-unsaturated/α-hetero) is 1.